The summed E-state index contributed by atoms with van der Waals surface area (Å²) in [6, 6.07) is 4.42. The second-order valence-electron chi connectivity index (χ2n) is 2.85. The number of rotatable bonds is 4. The van der Waals surface area contributed by atoms with Crippen LogP contribution in [0.25, 0.3) is 6.08 Å². The van der Waals surface area contributed by atoms with Crippen LogP contribution in [0.1, 0.15) is 22.3 Å². The summed E-state index contributed by atoms with van der Waals surface area (Å²) in [4.78, 5) is 20.7. The maximum atomic E-state index is 10.7. The number of carboxylic acid groups (broad SMARTS) is 1. The molecule has 0 heterocycles. The molecule has 1 aromatic rings. The average molecular weight is 225 g/mol. The SMILES string of the molecule is O=CCC=Cc1cc(C(=O)O)ccc1Cl. The van der Waals surface area contributed by atoms with Crippen LogP contribution in [0.2, 0.25) is 5.02 Å². The molecule has 0 bridgehead atoms. The van der Waals surface area contributed by atoms with Gasteiger partial charge in [0.2, 0.25) is 0 Å². The van der Waals surface area contributed by atoms with E-state index in [9.17, 15) is 9.59 Å². The normalized spacial score (nSPS) is 10.5. The summed E-state index contributed by atoms with van der Waals surface area (Å²) < 4.78 is 0. The van der Waals surface area contributed by atoms with Crippen LogP contribution in [0.5, 0.6) is 0 Å². The third-order valence-electron chi connectivity index (χ3n) is 1.77. The minimum absolute atomic E-state index is 0.171. The number of benzene rings is 1. The van der Waals surface area contributed by atoms with Crippen molar-refractivity contribution in [1.29, 1.82) is 0 Å². The molecule has 0 aliphatic rings. The van der Waals surface area contributed by atoms with Crippen LogP contribution in [-0.4, -0.2) is 17.4 Å². The molecule has 1 rings (SSSR count). The fourth-order valence-corrected chi connectivity index (χ4v) is 1.24. The van der Waals surface area contributed by atoms with Crippen LogP contribution in [0.15, 0.2) is 24.3 Å². The number of allylic oxidation sites excluding steroid dienone is 1. The first kappa shape index (κ1) is 11.5. The quantitative estimate of drug-likeness (QED) is 0.800. The molecule has 78 valence electrons. The zero-order valence-corrected chi connectivity index (χ0v) is 8.57. The Labute approximate surface area is 92.0 Å². The second-order valence-corrected chi connectivity index (χ2v) is 3.25. The summed E-state index contributed by atoms with van der Waals surface area (Å²) in [7, 11) is 0. The van der Waals surface area contributed by atoms with Gasteiger partial charge in [0.15, 0.2) is 0 Å². The molecule has 0 saturated carbocycles. The number of aldehydes is 1. The van der Waals surface area contributed by atoms with Crippen molar-refractivity contribution in [3.05, 3.63) is 40.4 Å². The van der Waals surface area contributed by atoms with E-state index in [1.54, 1.807) is 12.2 Å². The van der Waals surface area contributed by atoms with E-state index in [1.165, 1.54) is 18.2 Å². The highest BCUT2D eigenvalue weighted by atomic mass is 35.5. The van der Waals surface area contributed by atoms with Gasteiger partial charge in [0.1, 0.15) is 6.29 Å². The molecule has 3 nitrogen and oxygen atoms in total. The minimum Gasteiger partial charge on any atom is -0.478 e. The number of hydrogen-bond acceptors (Lipinski definition) is 2. The zero-order chi connectivity index (χ0) is 11.3. The van der Waals surface area contributed by atoms with Gasteiger partial charge in [-0.2, -0.15) is 0 Å². The Balaban J connectivity index is 3.00. The summed E-state index contributed by atoms with van der Waals surface area (Å²) >= 11 is 5.85. The molecule has 0 saturated heterocycles. The Morgan fingerprint density at radius 1 is 1.47 bits per heavy atom. The highest BCUT2D eigenvalue weighted by Gasteiger charge is 2.04. The first-order valence-electron chi connectivity index (χ1n) is 4.28. The zero-order valence-electron chi connectivity index (χ0n) is 7.81. The van der Waals surface area contributed by atoms with Crippen molar-refractivity contribution in [2.75, 3.05) is 0 Å². The van der Waals surface area contributed by atoms with Crippen molar-refractivity contribution in [2.24, 2.45) is 0 Å². The highest BCUT2D eigenvalue weighted by Crippen LogP contribution is 2.19. The van der Waals surface area contributed by atoms with Gasteiger partial charge in [0.25, 0.3) is 0 Å². The molecule has 0 aliphatic carbocycles. The Morgan fingerprint density at radius 2 is 2.20 bits per heavy atom. The first-order valence-corrected chi connectivity index (χ1v) is 4.66. The number of hydrogen-bond donors (Lipinski definition) is 1. The number of carbonyl (C=O) groups excluding carboxylic acids is 1. The van der Waals surface area contributed by atoms with E-state index >= 15 is 0 Å². The summed E-state index contributed by atoms with van der Waals surface area (Å²) in [5.41, 5.74) is 0.767. The molecule has 0 spiro atoms. The molecular weight excluding hydrogens is 216 g/mol. The molecule has 1 N–H and O–H groups in total. The Bertz CT molecular complexity index is 410. The van der Waals surface area contributed by atoms with Crippen LogP contribution in [0, 0.1) is 0 Å². The largest absolute Gasteiger partial charge is 0.478 e. The molecule has 0 atom stereocenters. The van der Waals surface area contributed by atoms with Gasteiger partial charge >= 0.3 is 5.97 Å². The predicted octanol–water partition coefficient (Wildman–Crippen LogP) is 2.64. The van der Waals surface area contributed by atoms with E-state index in [4.69, 9.17) is 16.7 Å². The second kappa shape index (κ2) is 5.32. The number of carboxylic acids is 1. The van der Waals surface area contributed by atoms with Crippen molar-refractivity contribution in [3.63, 3.8) is 0 Å². The summed E-state index contributed by atoms with van der Waals surface area (Å²) in [5.74, 6) is -1.00. The first-order chi connectivity index (χ1) is 7.15. The third-order valence-corrected chi connectivity index (χ3v) is 2.12. The van der Waals surface area contributed by atoms with Gasteiger partial charge in [-0.15, -0.1) is 0 Å². The lowest BCUT2D eigenvalue weighted by atomic mass is 10.1. The molecule has 0 aromatic heterocycles. The van der Waals surface area contributed by atoms with Gasteiger partial charge in [0.05, 0.1) is 5.56 Å². The van der Waals surface area contributed by atoms with E-state index in [0.29, 0.717) is 10.6 Å². The average Bonchev–Trinajstić information content (AvgIpc) is 2.20. The van der Waals surface area contributed by atoms with E-state index in [0.717, 1.165) is 6.29 Å². The molecule has 0 amide bonds. The van der Waals surface area contributed by atoms with Gasteiger partial charge in [-0.3, -0.25) is 0 Å². The molecule has 0 aliphatic heterocycles. The van der Waals surface area contributed by atoms with Crippen molar-refractivity contribution in [1.82, 2.24) is 0 Å². The molecule has 0 unspecified atom stereocenters. The fraction of sp³-hybridized carbons (Fsp3) is 0.0909. The maximum Gasteiger partial charge on any atom is 0.335 e. The lowest BCUT2D eigenvalue weighted by Gasteiger charge is -1.99. The smallest absolute Gasteiger partial charge is 0.335 e. The van der Waals surface area contributed by atoms with Crippen LogP contribution >= 0.6 is 11.6 Å². The maximum absolute atomic E-state index is 10.7. The Hall–Kier alpha value is -1.61. The van der Waals surface area contributed by atoms with Crippen molar-refractivity contribution < 1.29 is 14.7 Å². The highest BCUT2D eigenvalue weighted by molar-refractivity contribution is 6.32. The van der Waals surface area contributed by atoms with Gasteiger partial charge in [-0.25, -0.2) is 4.79 Å². The fourth-order valence-electron chi connectivity index (χ4n) is 1.06. The van der Waals surface area contributed by atoms with Crippen molar-refractivity contribution in [3.8, 4) is 0 Å². The van der Waals surface area contributed by atoms with Crippen molar-refractivity contribution >= 4 is 29.9 Å². The number of carbonyl (C=O) groups is 2. The lowest BCUT2D eigenvalue weighted by Crippen LogP contribution is -1.96. The number of aromatic carboxylic acids is 1. The monoisotopic (exact) mass is 224 g/mol. The van der Waals surface area contributed by atoms with Crippen LogP contribution in [0.4, 0.5) is 0 Å². The summed E-state index contributed by atoms with van der Waals surface area (Å²) in [5, 5.41) is 9.21. The Kier molecular flexibility index (Phi) is 4.06. The minimum atomic E-state index is -1.00. The Morgan fingerprint density at radius 3 is 2.80 bits per heavy atom. The molecular formula is C11H9ClO3. The van der Waals surface area contributed by atoms with Crippen LogP contribution in [-0.2, 0) is 4.79 Å². The molecule has 1 aromatic carbocycles. The summed E-state index contributed by atoms with van der Waals surface area (Å²) in [6.45, 7) is 0. The van der Waals surface area contributed by atoms with Crippen molar-refractivity contribution in [2.45, 2.75) is 6.42 Å². The van der Waals surface area contributed by atoms with E-state index in [-0.39, 0.29) is 12.0 Å². The molecule has 0 radical (unpaired) electrons. The third kappa shape index (κ3) is 3.22. The predicted molar refractivity (Wildman–Crippen MR) is 58.1 cm³/mol. The van der Waals surface area contributed by atoms with E-state index < -0.39 is 5.97 Å². The number of halogens is 1. The molecule has 4 heteroatoms. The van der Waals surface area contributed by atoms with Crippen LogP contribution < -0.4 is 0 Å². The lowest BCUT2D eigenvalue weighted by molar-refractivity contribution is -0.107. The van der Waals surface area contributed by atoms with Crippen LogP contribution in [0.3, 0.4) is 0 Å². The molecule has 15 heavy (non-hydrogen) atoms. The van der Waals surface area contributed by atoms with E-state index in [2.05, 4.69) is 0 Å². The molecule has 0 fully saturated rings. The van der Waals surface area contributed by atoms with Gasteiger partial charge in [0, 0.05) is 11.4 Å². The van der Waals surface area contributed by atoms with Gasteiger partial charge in [-0.1, -0.05) is 23.8 Å². The van der Waals surface area contributed by atoms with Gasteiger partial charge in [-0.05, 0) is 23.8 Å². The van der Waals surface area contributed by atoms with Gasteiger partial charge < -0.3 is 9.90 Å². The summed E-state index contributed by atoms with van der Waals surface area (Å²) in [6.07, 6.45) is 4.29. The standard InChI is InChI=1S/C11H9ClO3/c12-10-5-4-9(11(14)15)7-8(10)3-1-2-6-13/h1,3-7H,2H2,(H,14,15). The van der Waals surface area contributed by atoms with E-state index in [1.807, 2.05) is 0 Å². The topological polar surface area (TPSA) is 54.4 Å².